The van der Waals surface area contributed by atoms with Crippen LogP contribution in [0.15, 0.2) is 18.2 Å². The Morgan fingerprint density at radius 1 is 1.20 bits per heavy atom. The van der Waals surface area contributed by atoms with Crippen molar-refractivity contribution in [2.75, 3.05) is 11.4 Å². The highest BCUT2D eigenvalue weighted by Gasteiger charge is 2.54. The summed E-state index contributed by atoms with van der Waals surface area (Å²) in [6, 6.07) is 5.08. The Bertz CT molecular complexity index is 588. The molecule has 2 aliphatic carbocycles. The maximum atomic E-state index is 14.4. The SMILES string of the molecule is NC1(C(=O)N2CC3(CCCC3)c3c(F)cccc32)CC1. The van der Waals surface area contributed by atoms with E-state index >= 15 is 0 Å². The van der Waals surface area contributed by atoms with Crippen LogP contribution in [0, 0.1) is 5.82 Å². The molecule has 2 N–H and O–H groups in total. The van der Waals surface area contributed by atoms with E-state index in [1.165, 1.54) is 6.07 Å². The molecule has 1 heterocycles. The third-order valence-electron chi connectivity index (χ3n) is 5.29. The van der Waals surface area contributed by atoms with Crippen molar-refractivity contribution in [3.05, 3.63) is 29.6 Å². The summed E-state index contributed by atoms with van der Waals surface area (Å²) in [5.74, 6) is -0.185. The van der Waals surface area contributed by atoms with Gasteiger partial charge in [-0.05, 0) is 37.8 Å². The molecule has 2 saturated carbocycles. The summed E-state index contributed by atoms with van der Waals surface area (Å²) in [5.41, 5.74) is 6.73. The molecular weight excluding hydrogens is 255 g/mol. The van der Waals surface area contributed by atoms with E-state index in [-0.39, 0.29) is 17.1 Å². The van der Waals surface area contributed by atoms with Gasteiger partial charge in [-0.15, -0.1) is 0 Å². The first kappa shape index (κ1) is 12.3. The number of nitrogens with zero attached hydrogens (tertiary/aromatic N) is 1. The molecule has 1 spiro atoms. The smallest absolute Gasteiger partial charge is 0.247 e. The molecule has 1 aromatic rings. The number of benzene rings is 1. The summed E-state index contributed by atoms with van der Waals surface area (Å²) in [6.07, 6.45) is 5.68. The highest BCUT2D eigenvalue weighted by Crippen LogP contribution is 2.52. The molecule has 0 saturated heterocycles. The maximum Gasteiger partial charge on any atom is 0.247 e. The second-order valence-electron chi connectivity index (χ2n) is 6.67. The van der Waals surface area contributed by atoms with Gasteiger partial charge in [0.05, 0.1) is 11.2 Å². The van der Waals surface area contributed by atoms with E-state index in [9.17, 15) is 9.18 Å². The van der Waals surface area contributed by atoms with Gasteiger partial charge in [0.1, 0.15) is 5.82 Å². The van der Waals surface area contributed by atoms with Crippen molar-refractivity contribution in [3.8, 4) is 0 Å². The summed E-state index contributed by atoms with van der Waals surface area (Å²) in [5, 5.41) is 0. The van der Waals surface area contributed by atoms with Crippen LogP contribution in [0.3, 0.4) is 0 Å². The zero-order valence-corrected chi connectivity index (χ0v) is 11.5. The fourth-order valence-corrected chi connectivity index (χ4v) is 3.99. The van der Waals surface area contributed by atoms with Crippen LogP contribution < -0.4 is 10.6 Å². The van der Waals surface area contributed by atoms with Crippen molar-refractivity contribution in [3.63, 3.8) is 0 Å². The summed E-state index contributed by atoms with van der Waals surface area (Å²) in [4.78, 5) is 14.4. The van der Waals surface area contributed by atoms with Crippen LogP contribution in [-0.2, 0) is 10.2 Å². The molecular formula is C16H19FN2O. The first-order valence-electron chi connectivity index (χ1n) is 7.46. The molecule has 0 radical (unpaired) electrons. The van der Waals surface area contributed by atoms with Crippen LogP contribution in [0.2, 0.25) is 0 Å². The molecule has 3 nitrogen and oxygen atoms in total. The van der Waals surface area contributed by atoms with Gasteiger partial charge in [-0.3, -0.25) is 4.79 Å². The number of halogens is 1. The molecule has 0 aromatic heterocycles. The van der Waals surface area contributed by atoms with Gasteiger partial charge in [0.2, 0.25) is 5.91 Å². The van der Waals surface area contributed by atoms with Crippen LogP contribution >= 0.6 is 0 Å². The predicted octanol–water partition coefficient (Wildman–Crippen LogP) is 2.48. The van der Waals surface area contributed by atoms with Crippen molar-refractivity contribution >= 4 is 11.6 Å². The average Bonchev–Trinajstić information content (AvgIpc) is 2.90. The lowest BCUT2D eigenvalue weighted by molar-refractivity contribution is -0.120. The maximum absolute atomic E-state index is 14.4. The molecule has 106 valence electrons. The van der Waals surface area contributed by atoms with Gasteiger partial charge in [-0.25, -0.2) is 4.39 Å². The third kappa shape index (κ3) is 1.51. The second kappa shape index (κ2) is 3.82. The number of carbonyl (C=O) groups is 1. The quantitative estimate of drug-likeness (QED) is 0.855. The van der Waals surface area contributed by atoms with Crippen molar-refractivity contribution in [1.82, 2.24) is 0 Å². The molecule has 1 aliphatic heterocycles. The van der Waals surface area contributed by atoms with Gasteiger partial charge < -0.3 is 10.6 Å². The van der Waals surface area contributed by atoms with Gasteiger partial charge in [-0.1, -0.05) is 18.9 Å². The van der Waals surface area contributed by atoms with Gasteiger partial charge in [0.15, 0.2) is 0 Å². The van der Waals surface area contributed by atoms with Crippen LogP contribution in [-0.4, -0.2) is 18.0 Å². The number of hydrogen-bond acceptors (Lipinski definition) is 2. The number of carbonyl (C=O) groups excluding carboxylic acids is 1. The lowest BCUT2D eigenvalue weighted by atomic mass is 9.80. The van der Waals surface area contributed by atoms with E-state index in [0.29, 0.717) is 6.54 Å². The highest BCUT2D eigenvalue weighted by atomic mass is 19.1. The van der Waals surface area contributed by atoms with Gasteiger partial charge >= 0.3 is 0 Å². The van der Waals surface area contributed by atoms with E-state index in [0.717, 1.165) is 49.8 Å². The van der Waals surface area contributed by atoms with E-state index in [1.54, 1.807) is 11.0 Å². The first-order chi connectivity index (χ1) is 9.56. The summed E-state index contributed by atoms with van der Waals surface area (Å²) in [7, 11) is 0. The Morgan fingerprint density at radius 2 is 1.90 bits per heavy atom. The number of rotatable bonds is 1. The molecule has 1 aromatic carbocycles. The first-order valence-corrected chi connectivity index (χ1v) is 7.46. The van der Waals surface area contributed by atoms with Gasteiger partial charge in [-0.2, -0.15) is 0 Å². The van der Waals surface area contributed by atoms with Gasteiger partial charge in [0, 0.05) is 17.5 Å². The Balaban J connectivity index is 1.82. The topological polar surface area (TPSA) is 46.3 Å². The number of hydrogen-bond donors (Lipinski definition) is 1. The molecule has 3 aliphatic rings. The van der Waals surface area contributed by atoms with Gasteiger partial charge in [0.25, 0.3) is 0 Å². The fourth-order valence-electron chi connectivity index (χ4n) is 3.99. The summed E-state index contributed by atoms with van der Waals surface area (Å²) < 4.78 is 14.4. The molecule has 0 atom stereocenters. The van der Waals surface area contributed by atoms with Crippen LogP contribution in [0.4, 0.5) is 10.1 Å². The minimum absolute atomic E-state index is 0.0203. The molecule has 4 heteroatoms. The molecule has 0 unspecified atom stereocenters. The molecule has 20 heavy (non-hydrogen) atoms. The van der Waals surface area contributed by atoms with Crippen molar-refractivity contribution < 1.29 is 9.18 Å². The van der Waals surface area contributed by atoms with Crippen molar-refractivity contribution in [1.29, 1.82) is 0 Å². The Labute approximate surface area is 117 Å². The van der Waals surface area contributed by atoms with E-state index in [4.69, 9.17) is 5.73 Å². The molecule has 4 rings (SSSR count). The summed E-state index contributed by atoms with van der Waals surface area (Å²) >= 11 is 0. The average molecular weight is 274 g/mol. The van der Waals surface area contributed by atoms with Crippen molar-refractivity contribution in [2.45, 2.75) is 49.5 Å². The number of anilines is 1. The van der Waals surface area contributed by atoms with E-state index in [1.807, 2.05) is 6.07 Å². The lowest BCUT2D eigenvalue weighted by Gasteiger charge is -2.26. The van der Waals surface area contributed by atoms with E-state index < -0.39 is 5.54 Å². The Hall–Kier alpha value is -1.42. The minimum atomic E-state index is -0.687. The monoisotopic (exact) mass is 274 g/mol. The summed E-state index contributed by atoms with van der Waals surface area (Å²) in [6.45, 7) is 0.612. The molecule has 0 bridgehead atoms. The highest BCUT2D eigenvalue weighted by molar-refractivity contribution is 6.04. The fraction of sp³-hybridized carbons (Fsp3) is 0.562. The Kier molecular flexibility index (Phi) is 2.35. The number of fused-ring (bicyclic) bond motifs is 2. The molecule has 2 fully saturated rings. The van der Waals surface area contributed by atoms with Crippen LogP contribution in [0.5, 0.6) is 0 Å². The Morgan fingerprint density at radius 3 is 2.55 bits per heavy atom. The van der Waals surface area contributed by atoms with Crippen molar-refractivity contribution in [2.24, 2.45) is 5.73 Å². The van der Waals surface area contributed by atoms with Crippen LogP contribution in [0.25, 0.3) is 0 Å². The zero-order chi connectivity index (χ0) is 14.0. The van der Waals surface area contributed by atoms with E-state index in [2.05, 4.69) is 0 Å². The number of amides is 1. The third-order valence-corrected chi connectivity index (χ3v) is 5.29. The minimum Gasteiger partial charge on any atom is -0.317 e. The predicted molar refractivity (Wildman–Crippen MR) is 75.1 cm³/mol. The van der Waals surface area contributed by atoms with Crippen LogP contribution in [0.1, 0.15) is 44.1 Å². The largest absolute Gasteiger partial charge is 0.317 e. The normalized spacial score (nSPS) is 25.0. The standard InChI is InChI=1S/C16H19FN2O/c17-11-4-3-5-12-13(11)15(6-1-2-7-15)10-19(12)14(20)16(18)8-9-16/h3-5H,1-2,6-10,18H2. The zero-order valence-electron chi connectivity index (χ0n) is 11.5. The molecule has 1 amide bonds. The lowest BCUT2D eigenvalue weighted by Crippen LogP contribution is -2.47. The number of nitrogens with two attached hydrogens (primary N) is 1. The second-order valence-corrected chi connectivity index (χ2v) is 6.67.